The van der Waals surface area contributed by atoms with Gasteiger partial charge < -0.3 is 5.32 Å². The molecule has 4 nitrogen and oxygen atoms in total. The number of nitrogens with one attached hydrogen (secondary N) is 2. The Bertz CT molecular complexity index is 498. The number of anilines is 1. The van der Waals surface area contributed by atoms with Crippen LogP contribution in [0.2, 0.25) is 0 Å². The summed E-state index contributed by atoms with van der Waals surface area (Å²) in [7, 11) is 0. The van der Waals surface area contributed by atoms with Crippen molar-refractivity contribution < 1.29 is 0 Å². The van der Waals surface area contributed by atoms with Gasteiger partial charge in [0.1, 0.15) is 11.0 Å². The summed E-state index contributed by atoms with van der Waals surface area (Å²) >= 11 is 0. The molecule has 1 aromatic heterocycles. The molecule has 1 aliphatic heterocycles. The Morgan fingerprint density at radius 1 is 1.21 bits per heavy atom. The third-order valence-electron chi connectivity index (χ3n) is 2.91. The zero-order valence-corrected chi connectivity index (χ0v) is 8.26. The van der Waals surface area contributed by atoms with E-state index in [4.69, 9.17) is 0 Å². The highest BCUT2D eigenvalue weighted by Crippen LogP contribution is 2.37. The zero-order chi connectivity index (χ0) is 9.76. The number of aromatic nitrogens is 3. The lowest BCUT2D eigenvalue weighted by Gasteiger charge is -2.16. The number of hydrogen-bond acceptors (Lipinski definition) is 3. The van der Waals surface area contributed by atoms with Gasteiger partial charge in [-0.25, -0.2) is 0 Å². The maximum Gasteiger partial charge on any atom is 0.115 e. The summed E-state index contributed by atoms with van der Waals surface area (Å²) in [5.41, 5.74) is 4.59. The van der Waals surface area contributed by atoms with Crippen LogP contribution in [-0.4, -0.2) is 22.0 Å². The Morgan fingerprint density at radius 3 is 2.71 bits per heavy atom. The molecule has 0 atom stereocenters. The molecule has 0 radical (unpaired) electrons. The maximum atomic E-state index is 4.10. The van der Waals surface area contributed by atoms with Gasteiger partial charge in [-0.1, -0.05) is 13.8 Å². The molecule has 0 fully saturated rings. The van der Waals surface area contributed by atoms with Gasteiger partial charge in [-0.15, -0.1) is 0 Å². The van der Waals surface area contributed by atoms with E-state index in [2.05, 4.69) is 46.7 Å². The van der Waals surface area contributed by atoms with E-state index < -0.39 is 0 Å². The molecule has 3 rings (SSSR count). The second kappa shape index (κ2) is 2.26. The third-order valence-corrected chi connectivity index (χ3v) is 2.91. The van der Waals surface area contributed by atoms with Crippen LogP contribution in [0.15, 0.2) is 12.1 Å². The quantitative estimate of drug-likeness (QED) is 0.661. The average molecular weight is 188 g/mol. The maximum absolute atomic E-state index is 4.10. The van der Waals surface area contributed by atoms with Crippen LogP contribution in [0.3, 0.4) is 0 Å². The molecule has 14 heavy (non-hydrogen) atoms. The van der Waals surface area contributed by atoms with E-state index in [1.165, 1.54) is 11.3 Å². The second-order valence-electron chi connectivity index (χ2n) is 4.45. The number of nitrogens with zero attached hydrogens (tertiary/aromatic N) is 2. The van der Waals surface area contributed by atoms with Crippen LogP contribution < -0.4 is 5.32 Å². The summed E-state index contributed by atoms with van der Waals surface area (Å²) < 4.78 is 0. The lowest BCUT2D eigenvalue weighted by Crippen LogP contribution is -2.18. The largest absolute Gasteiger partial charge is 0.384 e. The van der Waals surface area contributed by atoms with Gasteiger partial charge in [0.25, 0.3) is 0 Å². The lowest BCUT2D eigenvalue weighted by molar-refractivity contribution is 0.586. The van der Waals surface area contributed by atoms with Crippen molar-refractivity contribution in [1.82, 2.24) is 15.4 Å². The molecule has 2 heterocycles. The van der Waals surface area contributed by atoms with Crippen LogP contribution in [0.1, 0.15) is 19.4 Å². The molecule has 0 aliphatic carbocycles. The van der Waals surface area contributed by atoms with Crippen molar-refractivity contribution >= 4 is 16.7 Å². The molecular weight excluding hydrogens is 176 g/mol. The van der Waals surface area contributed by atoms with Crippen molar-refractivity contribution in [2.24, 2.45) is 0 Å². The first kappa shape index (κ1) is 7.79. The van der Waals surface area contributed by atoms with E-state index in [0.29, 0.717) is 0 Å². The second-order valence-corrected chi connectivity index (χ2v) is 4.45. The number of fused-ring (bicyclic) bond motifs is 2. The minimum atomic E-state index is 0.197. The smallest absolute Gasteiger partial charge is 0.115 e. The van der Waals surface area contributed by atoms with Gasteiger partial charge in [0.05, 0.1) is 0 Å². The first-order valence-electron chi connectivity index (χ1n) is 4.76. The number of benzene rings is 1. The Balaban J connectivity index is 2.34. The van der Waals surface area contributed by atoms with Crippen molar-refractivity contribution in [3.8, 4) is 0 Å². The van der Waals surface area contributed by atoms with E-state index in [1.54, 1.807) is 0 Å². The molecule has 1 aliphatic rings. The van der Waals surface area contributed by atoms with Gasteiger partial charge in [0, 0.05) is 17.6 Å². The predicted octanol–water partition coefficient (Wildman–Crippen LogP) is 1.66. The Morgan fingerprint density at radius 2 is 1.93 bits per heavy atom. The van der Waals surface area contributed by atoms with Gasteiger partial charge in [-0.2, -0.15) is 15.4 Å². The molecule has 72 valence electrons. The zero-order valence-electron chi connectivity index (χ0n) is 8.26. The molecular formula is C10H12N4. The predicted molar refractivity (Wildman–Crippen MR) is 55.4 cm³/mol. The SMILES string of the molecule is CC1(C)CNc2cc3n[nH]nc3cc21. The molecule has 0 bridgehead atoms. The number of aromatic amines is 1. The normalized spacial score (nSPS) is 18.1. The Kier molecular flexibility index (Phi) is 1.26. The highest BCUT2D eigenvalue weighted by molar-refractivity contribution is 5.82. The minimum absolute atomic E-state index is 0.197. The summed E-state index contributed by atoms with van der Waals surface area (Å²) in [6.07, 6.45) is 0. The van der Waals surface area contributed by atoms with E-state index in [1.807, 2.05) is 0 Å². The van der Waals surface area contributed by atoms with E-state index in [-0.39, 0.29) is 5.41 Å². The van der Waals surface area contributed by atoms with Gasteiger partial charge in [0.15, 0.2) is 0 Å². The van der Waals surface area contributed by atoms with Crippen molar-refractivity contribution in [3.63, 3.8) is 0 Å². The Labute approximate surface area is 81.7 Å². The molecule has 0 saturated carbocycles. The van der Waals surface area contributed by atoms with Crippen LogP contribution in [0.4, 0.5) is 5.69 Å². The summed E-state index contributed by atoms with van der Waals surface area (Å²) in [6, 6.07) is 4.18. The fraction of sp³-hybridized carbons (Fsp3) is 0.400. The molecule has 0 unspecified atom stereocenters. The summed E-state index contributed by atoms with van der Waals surface area (Å²) in [5.74, 6) is 0. The van der Waals surface area contributed by atoms with Crippen molar-refractivity contribution in [2.75, 3.05) is 11.9 Å². The monoisotopic (exact) mass is 188 g/mol. The molecule has 0 amide bonds. The van der Waals surface area contributed by atoms with Crippen LogP contribution in [0.25, 0.3) is 11.0 Å². The van der Waals surface area contributed by atoms with Crippen molar-refractivity contribution in [3.05, 3.63) is 17.7 Å². The minimum Gasteiger partial charge on any atom is -0.384 e. The molecule has 4 heteroatoms. The van der Waals surface area contributed by atoms with Gasteiger partial charge in [-0.3, -0.25) is 0 Å². The Hall–Kier alpha value is -1.58. The highest BCUT2D eigenvalue weighted by atomic mass is 15.3. The van der Waals surface area contributed by atoms with Gasteiger partial charge >= 0.3 is 0 Å². The van der Waals surface area contributed by atoms with Gasteiger partial charge in [-0.05, 0) is 17.7 Å². The van der Waals surface area contributed by atoms with E-state index in [0.717, 1.165) is 17.6 Å². The number of H-pyrrole nitrogens is 1. The van der Waals surface area contributed by atoms with Crippen LogP contribution in [0, 0.1) is 0 Å². The fourth-order valence-electron chi connectivity index (χ4n) is 2.01. The number of hydrogen-bond donors (Lipinski definition) is 2. The number of rotatable bonds is 0. The van der Waals surface area contributed by atoms with Crippen LogP contribution in [-0.2, 0) is 5.41 Å². The molecule has 1 aromatic carbocycles. The summed E-state index contributed by atoms with van der Waals surface area (Å²) in [6.45, 7) is 5.45. The average Bonchev–Trinajstić information content (AvgIpc) is 2.69. The molecule has 2 N–H and O–H groups in total. The third kappa shape index (κ3) is 0.880. The standard InChI is InChI=1S/C10H12N4/c1-10(2)5-11-7-4-9-8(3-6(7)10)12-14-13-9/h3-4,11H,5H2,1-2H3,(H,12,13,14). The summed E-state index contributed by atoms with van der Waals surface area (Å²) in [5, 5.41) is 14.2. The summed E-state index contributed by atoms with van der Waals surface area (Å²) in [4.78, 5) is 0. The van der Waals surface area contributed by atoms with Crippen molar-refractivity contribution in [1.29, 1.82) is 0 Å². The molecule has 0 spiro atoms. The van der Waals surface area contributed by atoms with Crippen LogP contribution >= 0.6 is 0 Å². The molecule has 2 aromatic rings. The molecule has 0 saturated heterocycles. The van der Waals surface area contributed by atoms with Crippen molar-refractivity contribution in [2.45, 2.75) is 19.3 Å². The first-order valence-corrected chi connectivity index (χ1v) is 4.76. The van der Waals surface area contributed by atoms with E-state index >= 15 is 0 Å². The topological polar surface area (TPSA) is 53.6 Å². The first-order chi connectivity index (χ1) is 6.67. The van der Waals surface area contributed by atoms with Crippen LogP contribution in [0.5, 0.6) is 0 Å². The van der Waals surface area contributed by atoms with Gasteiger partial charge in [0.2, 0.25) is 0 Å². The fourth-order valence-corrected chi connectivity index (χ4v) is 2.01. The van der Waals surface area contributed by atoms with E-state index in [9.17, 15) is 0 Å². The lowest BCUT2D eigenvalue weighted by atomic mass is 9.87. The highest BCUT2D eigenvalue weighted by Gasteiger charge is 2.30.